The highest BCUT2D eigenvalue weighted by Crippen LogP contribution is 2.31. The van der Waals surface area contributed by atoms with Crippen molar-refractivity contribution in [3.8, 4) is 0 Å². The van der Waals surface area contributed by atoms with E-state index >= 15 is 0 Å². The highest BCUT2D eigenvalue weighted by Gasteiger charge is 2.19. The van der Waals surface area contributed by atoms with Crippen LogP contribution in [-0.2, 0) is 0 Å². The highest BCUT2D eigenvalue weighted by molar-refractivity contribution is 5.86. The number of anilines is 1. The first kappa shape index (κ1) is 14.0. The van der Waals surface area contributed by atoms with E-state index < -0.39 is 0 Å². The smallest absolute Gasteiger partial charge is 0.222 e. The number of H-pyrrole nitrogens is 1. The fourth-order valence-corrected chi connectivity index (χ4v) is 3.26. The van der Waals surface area contributed by atoms with Gasteiger partial charge in [0.15, 0.2) is 0 Å². The molecule has 4 nitrogen and oxygen atoms in total. The number of aromatic nitrogens is 2. The Kier molecular flexibility index (Phi) is 3.80. The summed E-state index contributed by atoms with van der Waals surface area (Å²) in [6, 6.07) is 18.8. The summed E-state index contributed by atoms with van der Waals surface area (Å²) in [5.41, 5.74) is 7.76. The van der Waals surface area contributed by atoms with E-state index in [1.165, 1.54) is 24.1 Å². The Balaban J connectivity index is 1.39. The molecule has 1 saturated carbocycles. The van der Waals surface area contributed by atoms with Crippen LogP contribution in [0.25, 0.3) is 11.0 Å². The van der Waals surface area contributed by atoms with Crippen LogP contribution in [0.4, 0.5) is 5.95 Å². The van der Waals surface area contributed by atoms with E-state index in [1.54, 1.807) is 0 Å². The molecule has 0 bridgehead atoms. The lowest BCUT2D eigenvalue weighted by Gasteiger charge is -2.23. The van der Waals surface area contributed by atoms with Gasteiger partial charge in [-0.05, 0) is 49.3 Å². The first-order valence-electron chi connectivity index (χ1n) is 8.19. The Morgan fingerprint density at radius 2 is 1.70 bits per heavy atom. The summed E-state index contributed by atoms with van der Waals surface area (Å²) in [6.45, 7) is 0. The number of para-hydroxylation sites is 2. The number of hydrogen-bond donors (Lipinski definition) is 2. The summed E-state index contributed by atoms with van der Waals surface area (Å²) in [7, 11) is 0. The summed E-state index contributed by atoms with van der Waals surface area (Å²) < 4.78 is 0. The van der Waals surface area contributed by atoms with Gasteiger partial charge in [-0.15, -0.1) is 0 Å². The SMILES string of the molecule is c1ccc(C2CCC(=NNc3nc4ccccc4[nH]3)CC2)cc1. The minimum absolute atomic E-state index is 0.668. The number of benzene rings is 2. The Morgan fingerprint density at radius 1 is 0.957 bits per heavy atom. The zero-order chi connectivity index (χ0) is 15.5. The molecular formula is C19H20N4. The summed E-state index contributed by atoms with van der Waals surface area (Å²) in [4.78, 5) is 7.73. The average molecular weight is 304 g/mol. The molecule has 1 aromatic heterocycles. The van der Waals surface area contributed by atoms with Gasteiger partial charge in [0.05, 0.1) is 11.0 Å². The third kappa shape index (κ3) is 3.11. The molecule has 1 heterocycles. The molecule has 4 rings (SSSR count). The van der Waals surface area contributed by atoms with Crippen molar-refractivity contribution in [2.45, 2.75) is 31.6 Å². The summed E-state index contributed by atoms with van der Waals surface area (Å²) >= 11 is 0. The van der Waals surface area contributed by atoms with Crippen molar-refractivity contribution in [3.05, 3.63) is 60.2 Å². The lowest BCUT2D eigenvalue weighted by molar-refractivity contribution is 0.566. The number of nitrogens with one attached hydrogen (secondary N) is 2. The van der Waals surface area contributed by atoms with Crippen LogP contribution >= 0.6 is 0 Å². The Labute approximate surface area is 135 Å². The van der Waals surface area contributed by atoms with Crippen molar-refractivity contribution < 1.29 is 0 Å². The van der Waals surface area contributed by atoms with Crippen LogP contribution in [0.15, 0.2) is 59.7 Å². The Morgan fingerprint density at radius 3 is 2.48 bits per heavy atom. The molecule has 0 amide bonds. The molecule has 1 fully saturated rings. The first-order chi connectivity index (χ1) is 11.4. The largest absolute Gasteiger partial charge is 0.323 e. The predicted octanol–water partition coefficient (Wildman–Crippen LogP) is 4.69. The van der Waals surface area contributed by atoms with Gasteiger partial charge in [-0.1, -0.05) is 42.5 Å². The van der Waals surface area contributed by atoms with E-state index in [0.717, 1.165) is 23.9 Å². The molecule has 4 heteroatoms. The monoisotopic (exact) mass is 304 g/mol. The van der Waals surface area contributed by atoms with Crippen LogP contribution < -0.4 is 5.43 Å². The third-order valence-corrected chi connectivity index (χ3v) is 4.54. The fourth-order valence-electron chi connectivity index (χ4n) is 3.26. The molecule has 23 heavy (non-hydrogen) atoms. The van der Waals surface area contributed by atoms with Crippen LogP contribution in [0.2, 0.25) is 0 Å². The second-order valence-electron chi connectivity index (χ2n) is 6.08. The summed E-state index contributed by atoms with van der Waals surface area (Å²) in [5, 5.41) is 4.55. The van der Waals surface area contributed by atoms with Crippen molar-refractivity contribution in [3.63, 3.8) is 0 Å². The van der Waals surface area contributed by atoms with Crippen molar-refractivity contribution in [2.24, 2.45) is 5.10 Å². The van der Waals surface area contributed by atoms with Crippen molar-refractivity contribution in [1.29, 1.82) is 0 Å². The number of fused-ring (bicyclic) bond motifs is 1. The van der Waals surface area contributed by atoms with Crippen molar-refractivity contribution >= 4 is 22.7 Å². The average Bonchev–Trinajstić information content (AvgIpc) is 3.04. The molecule has 0 unspecified atom stereocenters. The molecule has 0 saturated heterocycles. The zero-order valence-electron chi connectivity index (χ0n) is 13.0. The molecule has 2 aromatic carbocycles. The van der Waals surface area contributed by atoms with Crippen LogP contribution in [0, 0.1) is 0 Å². The maximum absolute atomic E-state index is 4.55. The number of rotatable bonds is 3. The molecule has 116 valence electrons. The van der Waals surface area contributed by atoms with Gasteiger partial charge in [0.25, 0.3) is 0 Å². The highest BCUT2D eigenvalue weighted by atomic mass is 15.4. The molecule has 0 atom stereocenters. The number of imidazole rings is 1. The normalized spacial score (nSPS) is 18.1. The van der Waals surface area contributed by atoms with Crippen molar-refractivity contribution in [2.75, 3.05) is 5.43 Å². The van der Waals surface area contributed by atoms with Gasteiger partial charge in [-0.3, -0.25) is 0 Å². The van der Waals surface area contributed by atoms with Crippen LogP contribution in [0.5, 0.6) is 0 Å². The van der Waals surface area contributed by atoms with Gasteiger partial charge < -0.3 is 4.98 Å². The molecule has 2 N–H and O–H groups in total. The number of aromatic amines is 1. The van der Waals surface area contributed by atoms with Gasteiger partial charge in [-0.25, -0.2) is 10.4 Å². The standard InChI is InChI=1S/C19H20N4/c1-2-6-14(7-3-1)15-10-12-16(13-11-15)22-23-19-20-17-8-4-5-9-18(17)21-19/h1-9,15H,10-13H2,(H2,20,21,23). The Hall–Kier alpha value is -2.62. The zero-order valence-corrected chi connectivity index (χ0v) is 13.0. The molecule has 1 aliphatic carbocycles. The molecule has 0 aliphatic heterocycles. The summed E-state index contributed by atoms with van der Waals surface area (Å²) in [5.74, 6) is 1.38. The molecule has 1 aliphatic rings. The van der Waals surface area contributed by atoms with Crippen molar-refractivity contribution in [1.82, 2.24) is 9.97 Å². The van der Waals surface area contributed by atoms with Gasteiger partial charge in [0, 0.05) is 5.71 Å². The van der Waals surface area contributed by atoms with E-state index in [1.807, 2.05) is 24.3 Å². The quantitative estimate of drug-likeness (QED) is 0.690. The van der Waals surface area contributed by atoms with Gasteiger partial charge in [0.2, 0.25) is 5.95 Å². The van der Waals surface area contributed by atoms with E-state index in [9.17, 15) is 0 Å². The van der Waals surface area contributed by atoms with Crippen LogP contribution in [-0.4, -0.2) is 15.7 Å². The van der Waals surface area contributed by atoms with E-state index in [4.69, 9.17) is 0 Å². The lowest BCUT2D eigenvalue weighted by atomic mass is 9.83. The minimum atomic E-state index is 0.668. The molecule has 0 spiro atoms. The maximum Gasteiger partial charge on any atom is 0.222 e. The van der Waals surface area contributed by atoms with E-state index in [2.05, 4.69) is 50.8 Å². The third-order valence-electron chi connectivity index (χ3n) is 4.54. The van der Waals surface area contributed by atoms with Gasteiger partial charge >= 0.3 is 0 Å². The number of nitrogens with zero attached hydrogens (tertiary/aromatic N) is 2. The minimum Gasteiger partial charge on any atom is -0.323 e. The van der Waals surface area contributed by atoms with E-state index in [0.29, 0.717) is 11.9 Å². The number of hydrogen-bond acceptors (Lipinski definition) is 3. The van der Waals surface area contributed by atoms with Crippen LogP contribution in [0.3, 0.4) is 0 Å². The van der Waals surface area contributed by atoms with E-state index in [-0.39, 0.29) is 0 Å². The molecule has 3 aromatic rings. The maximum atomic E-state index is 4.55. The summed E-state index contributed by atoms with van der Waals surface area (Å²) in [6.07, 6.45) is 4.44. The predicted molar refractivity (Wildman–Crippen MR) is 94.8 cm³/mol. The molecule has 0 radical (unpaired) electrons. The second-order valence-corrected chi connectivity index (χ2v) is 6.08. The van der Waals surface area contributed by atoms with Gasteiger partial charge in [-0.2, -0.15) is 5.10 Å². The second kappa shape index (κ2) is 6.24. The topological polar surface area (TPSA) is 53.1 Å². The first-order valence-corrected chi connectivity index (χ1v) is 8.19. The molecular weight excluding hydrogens is 284 g/mol. The van der Waals surface area contributed by atoms with Crippen LogP contribution in [0.1, 0.15) is 37.2 Å². The fraction of sp³-hybridized carbons (Fsp3) is 0.263. The Bertz CT molecular complexity index is 777. The number of hydrazone groups is 1. The lowest BCUT2D eigenvalue weighted by Crippen LogP contribution is -2.14. The van der Waals surface area contributed by atoms with Gasteiger partial charge in [0.1, 0.15) is 0 Å².